The smallest absolute Gasteiger partial charge is 0.270 e. The van der Waals surface area contributed by atoms with E-state index in [0.29, 0.717) is 11.6 Å². The molecule has 1 aliphatic rings. The molecular weight excluding hydrogens is 316 g/mol. The van der Waals surface area contributed by atoms with E-state index in [0.717, 1.165) is 30.0 Å². The second-order valence-corrected chi connectivity index (χ2v) is 6.38. The average molecular weight is 340 g/mol. The van der Waals surface area contributed by atoms with Gasteiger partial charge in [-0.15, -0.1) is 0 Å². The first-order valence-electron chi connectivity index (χ1n) is 8.71. The number of benzene rings is 1. The summed E-state index contributed by atoms with van der Waals surface area (Å²) in [4.78, 5) is 21.3. The molecule has 1 saturated carbocycles. The number of rotatable bonds is 5. The van der Waals surface area contributed by atoms with E-state index in [-0.39, 0.29) is 11.9 Å². The number of methoxy groups -OCH3 is 1. The first-order chi connectivity index (χ1) is 12.1. The Morgan fingerprint density at radius 3 is 2.72 bits per heavy atom. The van der Waals surface area contributed by atoms with Crippen molar-refractivity contribution in [3.05, 3.63) is 41.7 Å². The minimum Gasteiger partial charge on any atom is -0.497 e. The zero-order valence-corrected chi connectivity index (χ0v) is 14.7. The van der Waals surface area contributed by atoms with Crippen LogP contribution >= 0.6 is 0 Å². The van der Waals surface area contributed by atoms with Crippen LogP contribution in [0.3, 0.4) is 0 Å². The van der Waals surface area contributed by atoms with Gasteiger partial charge in [-0.05, 0) is 38.0 Å². The molecule has 132 valence electrons. The van der Waals surface area contributed by atoms with Crippen LogP contribution in [0.5, 0.6) is 5.75 Å². The van der Waals surface area contributed by atoms with Crippen molar-refractivity contribution in [2.75, 3.05) is 12.4 Å². The molecule has 0 aliphatic heterocycles. The number of ether oxygens (including phenoxy) is 1. The summed E-state index contributed by atoms with van der Waals surface area (Å²) < 4.78 is 5.22. The number of nitrogens with zero attached hydrogens (tertiary/aromatic N) is 2. The quantitative estimate of drug-likeness (QED) is 0.870. The maximum Gasteiger partial charge on any atom is 0.270 e. The fourth-order valence-corrected chi connectivity index (χ4v) is 3.08. The Balaban J connectivity index is 1.74. The van der Waals surface area contributed by atoms with E-state index in [1.54, 1.807) is 13.2 Å². The highest BCUT2D eigenvalue weighted by Gasteiger charge is 2.18. The Bertz CT molecular complexity index is 742. The number of amides is 1. The maximum atomic E-state index is 12.5. The van der Waals surface area contributed by atoms with Crippen LogP contribution in [0.2, 0.25) is 0 Å². The number of carbonyl (C=O) groups excluding carboxylic acids is 1. The second kappa shape index (κ2) is 7.96. The Labute approximate surface area is 148 Å². The summed E-state index contributed by atoms with van der Waals surface area (Å²) in [7, 11) is 1.62. The second-order valence-electron chi connectivity index (χ2n) is 6.38. The van der Waals surface area contributed by atoms with Gasteiger partial charge >= 0.3 is 0 Å². The van der Waals surface area contributed by atoms with E-state index in [4.69, 9.17) is 4.74 Å². The minimum absolute atomic E-state index is 0.133. The third-order valence-corrected chi connectivity index (χ3v) is 4.35. The van der Waals surface area contributed by atoms with Crippen molar-refractivity contribution >= 4 is 17.5 Å². The Kier molecular flexibility index (Phi) is 5.48. The third-order valence-electron chi connectivity index (χ3n) is 4.35. The first kappa shape index (κ1) is 17.2. The van der Waals surface area contributed by atoms with Crippen LogP contribution in [0.4, 0.5) is 11.6 Å². The molecule has 1 aromatic carbocycles. The van der Waals surface area contributed by atoms with Crippen molar-refractivity contribution in [2.24, 2.45) is 0 Å². The molecule has 3 rings (SSSR count). The van der Waals surface area contributed by atoms with Gasteiger partial charge in [0.25, 0.3) is 5.91 Å². The highest BCUT2D eigenvalue weighted by molar-refractivity contribution is 5.92. The van der Waals surface area contributed by atoms with Gasteiger partial charge in [0.2, 0.25) is 5.95 Å². The summed E-state index contributed by atoms with van der Waals surface area (Å²) in [5, 5.41) is 6.23. The summed E-state index contributed by atoms with van der Waals surface area (Å²) in [5.41, 5.74) is 1.95. The predicted molar refractivity (Wildman–Crippen MR) is 97.4 cm³/mol. The van der Waals surface area contributed by atoms with E-state index in [1.165, 1.54) is 19.3 Å². The summed E-state index contributed by atoms with van der Waals surface area (Å²) >= 11 is 0. The van der Waals surface area contributed by atoms with Gasteiger partial charge in [0.15, 0.2) is 0 Å². The van der Waals surface area contributed by atoms with Crippen molar-refractivity contribution in [3.8, 4) is 5.75 Å². The first-order valence-corrected chi connectivity index (χ1v) is 8.71. The van der Waals surface area contributed by atoms with Gasteiger partial charge in [-0.3, -0.25) is 4.79 Å². The molecule has 6 nitrogen and oxygen atoms in total. The van der Waals surface area contributed by atoms with Gasteiger partial charge in [0.05, 0.1) is 7.11 Å². The van der Waals surface area contributed by atoms with Crippen molar-refractivity contribution in [3.63, 3.8) is 0 Å². The van der Waals surface area contributed by atoms with Crippen LogP contribution in [-0.2, 0) is 0 Å². The highest BCUT2D eigenvalue weighted by atomic mass is 16.5. The Morgan fingerprint density at radius 1 is 1.16 bits per heavy atom. The number of carbonyl (C=O) groups is 1. The normalized spacial score (nSPS) is 14.8. The molecule has 1 amide bonds. The summed E-state index contributed by atoms with van der Waals surface area (Å²) in [5.74, 6) is 1.01. The van der Waals surface area contributed by atoms with Crippen LogP contribution < -0.4 is 15.4 Å². The molecular formula is C19H24N4O2. The number of anilines is 2. The number of hydrogen-bond donors (Lipinski definition) is 2. The Morgan fingerprint density at radius 2 is 1.96 bits per heavy atom. The summed E-state index contributed by atoms with van der Waals surface area (Å²) in [6.07, 6.45) is 5.70. The molecule has 0 spiro atoms. The third kappa shape index (κ3) is 4.68. The molecule has 25 heavy (non-hydrogen) atoms. The standard InChI is InChI=1S/C19H24N4O2/c1-13-11-17(18(24)21-14-7-4-3-5-8-14)23-19(20-13)22-15-9-6-10-16(12-15)25-2/h6,9-12,14H,3-5,7-8H2,1-2H3,(H,21,24)(H,20,22,23). The fourth-order valence-electron chi connectivity index (χ4n) is 3.08. The number of aromatic nitrogens is 2. The molecule has 1 heterocycles. The van der Waals surface area contributed by atoms with Gasteiger partial charge in [0.1, 0.15) is 11.4 Å². The lowest BCUT2D eigenvalue weighted by atomic mass is 9.95. The average Bonchev–Trinajstić information content (AvgIpc) is 2.62. The van der Waals surface area contributed by atoms with Gasteiger partial charge in [-0.1, -0.05) is 25.3 Å². The van der Waals surface area contributed by atoms with Crippen molar-refractivity contribution in [1.29, 1.82) is 0 Å². The van der Waals surface area contributed by atoms with Crippen LogP contribution in [-0.4, -0.2) is 29.0 Å². The van der Waals surface area contributed by atoms with E-state index >= 15 is 0 Å². The molecule has 1 aromatic heterocycles. The lowest BCUT2D eigenvalue weighted by molar-refractivity contribution is 0.0922. The van der Waals surface area contributed by atoms with Crippen LogP contribution in [0.15, 0.2) is 30.3 Å². The Hall–Kier alpha value is -2.63. The maximum absolute atomic E-state index is 12.5. The monoisotopic (exact) mass is 340 g/mol. The molecule has 0 bridgehead atoms. The molecule has 2 aromatic rings. The van der Waals surface area contributed by atoms with Crippen molar-refractivity contribution in [2.45, 2.75) is 45.1 Å². The molecule has 0 saturated heterocycles. The van der Waals surface area contributed by atoms with Gasteiger partial charge in [-0.2, -0.15) is 0 Å². The van der Waals surface area contributed by atoms with Gasteiger partial charge in [-0.25, -0.2) is 9.97 Å². The highest BCUT2D eigenvalue weighted by Crippen LogP contribution is 2.20. The summed E-state index contributed by atoms with van der Waals surface area (Å²) in [6, 6.07) is 9.48. The molecule has 2 N–H and O–H groups in total. The van der Waals surface area contributed by atoms with Gasteiger partial charge in [0, 0.05) is 23.5 Å². The van der Waals surface area contributed by atoms with E-state index < -0.39 is 0 Å². The van der Waals surface area contributed by atoms with E-state index in [9.17, 15) is 4.79 Å². The van der Waals surface area contributed by atoms with Crippen molar-refractivity contribution in [1.82, 2.24) is 15.3 Å². The van der Waals surface area contributed by atoms with Crippen LogP contribution in [0.25, 0.3) is 0 Å². The number of nitrogens with one attached hydrogen (secondary N) is 2. The van der Waals surface area contributed by atoms with Crippen LogP contribution in [0.1, 0.15) is 48.3 Å². The van der Waals surface area contributed by atoms with E-state index in [1.807, 2.05) is 31.2 Å². The van der Waals surface area contributed by atoms with Crippen LogP contribution in [0, 0.1) is 6.92 Å². The topological polar surface area (TPSA) is 76.1 Å². The zero-order chi connectivity index (χ0) is 17.6. The summed E-state index contributed by atoms with van der Waals surface area (Å²) in [6.45, 7) is 1.86. The largest absolute Gasteiger partial charge is 0.497 e. The lowest BCUT2D eigenvalue weighted by Crippen LogP contribution is -2.36. The lowest BCUT2D eigenvalue weighted by Gasteiger charge is -2.22. The molecule has 0 atom stereocenters. The number of hydrogen-bond acceptors (Lipinski definition) is 5. The van der Waals surface area contributed by atoms with Crippen molar-refractivity contribution < 1.29 is 9.53 Å². The minimum atomic E-state index is -0.133. The molecule has 6 heteroatoms. The molecule has 0 radical (unpaired) electrons. The molecule has 1 aliphatic carbocycles. The van der Waals surface area contributed by atoms with Gasteiger partial charge < -0.3 is 15.4 Å². The fraction of sp³-hybridized carbons (Fsp3) is 0.421. The predicted octanol–water partition coefficient (Wildman–Crippen LogP) is 3.60. The molecule has 1 fully saturated rings. The number of aryl methyl sites for hydroxylation is 1. The SMILES string of the molecule is COc1cccc(Nc2nc(C)cc(C(=O)NC3CCCCC3)n2)c1. The molecule has 0 unspecified atom stereocenters. The van der Waals surface area contributed by atoms with E-state index in [2.05, 4.69) is 20.6 Å². The zero-order valence-electron chi connectivity index (χ0n) is 14.7.